The molecule has 0 bridgehead atoms. The number of rotatable bonds is 43. The summed E-state index contributed by atoms with van der Waals surface area (Å²) in [5.74, 6) is -0.187. The predicted molar refractivity (Wildman–Crippen MR) is 249 cm³/mol. The fourth-order valence-electron chi connectivity index (χ4n) is 8.16. The Labute approximate surface area is 369 Å². The van der Waals surface area contributed by atoms with Crippen LogP contribution in [0.15, 0.2) is 24.3 Å². The third kappa shape index (κ3) is 31.5. The molecule has 0 radical (unpaired) electrons. The maximum Gasteiger partial charge on any atom is 0.220 e. The molecule has 0 aromatic rings. The molecule has 7 atom stereocenters. The number of ether oxygens (including phenoxy) is 2. The van der Waals surface area contributed by atoms with Gasteiger partial charge in [0.2, 0.25) is 5.91 Å². The van der Waals surface area contributed by atoms with E-state index in [-0.39, 0.29) is 12.5 Å². The van der Waals surface area contributed by atoms with Crippen LogP contribution in [0, 0.1) is 0 Å². The Balaban J connectivity index is 2.19. The van der Waals surface area contributed by atoms with E-state index in [2.05, 4.69) is 31.3 Å². The third-order valence-corrected chi connectivity index (χ3v) is 12.3. The molecule has 0 aromatic heterocycles. The van der Waals surface area contributed by atoms with Gasteiger partial charge in [-0.05, 0) is 38.5 Å². The van der Waals surface area contributed by atoms with Gasteiger partial charge in [-0.25, -0.2) is 0 Å². The van der Waals surface area contributed by atoms with E-state index in [1.54, 1.807) is 6.08 Å². The molecule has 1 fully saturated rings. The van der Waals surface area contributed by atoms with Gasteiger partial charge in [0.05, 0.1) is 25.4 Å². The van der Waals surface area contributed by atoms with Crippen LogP contribution in [-0.2, 0) is 14.3 Å². The zero-order valence-corrected chi connectivity index (χ0v) is 39.0. The second kappa shape index (κ2) is 41.7. The quantitative estimate of drug-likeness (QED) is 0.0262. The van der Waals surface area contributed by atoms with Crippen LogP contribution in [0.2, 0.25) is 0 Å². The van der Waals surface area contributed by atoms with Crippen LogP contribution in [0.4, 0.5) is 0 Å². The molecule has 1 aliphatic heterocycles. The van der Waals surface area contributed by atoms with Crippen molar-refractivity contribution in [1.29, 1.82) is 0 Å². The third-order valence-electron chi connectivity index (χ3n) is 12.3. The number of nitrogens with one attached hydrogen (secondary N) is 1. The summed E-state index contributed by atoms with van der Waals surface area (Å²) in [7, 11) is 0. The van der Waals surface area contributed by atoms with Crippen LogP contribution in [-0.4, -0.2) is 87.5 Å². The average molecular weight is 852 g/mol. The van der Waals surface area contributed by atoms with Gasteiger partial charge >= 0.3 is 0 Å². The summed E-state index contributed by atoms with van der Waals surface area (Å²) in [4.78, 5) is 12.9. The van der Waals surface area contributed by atoms with Gasteiger partial charge < -0.3 is 40.3 Å². The van der Waals surface area contributed by atoms with Gasteiger partial charge in [-0.3, -0.25) is 4.79 Å². The zero-order valence-electron chi connectivity index (χ0n) is 39.0. The lowest BCUT2D eigenvalue weighted by atomic mass is 9.99. The van der Waals surface area contributed by atoms with Crippen molar-refractivity contribution < 1.29 is 39.8 Å². The fraction of sp³-hybridized carbons (Fsp3) is 0.902. The van der Waals surface area contributed by atoms with Gasteiger partial charge in [-0.2, -0.15) is 0 Å². The average Bonchev–Trinajstić information content (AvgIpc) is 3.25. The first kappa shape index (κ1) is 56.7. The summed E-state index contributed by atoms with van der Waals surface area (Å²) in [6, 6.07) is -0.805. The predicted octanol–water partition coefficient (Wildman–Crippen LogP) is 11.5. The SMILES string of the molecule is CCC/C=C\CCCCCCCC(=O)NC(COC1OC(CO)C(O)C(O)C1O)C(O)/C=C/CCCCCCCCCCCCCCCCCCCCCCCCCCC. The van der Waals surface area contributed by atoms with Crippen LogP contribution in [0.3, 0.4) is 0 Å². The highest BCUT2D eigenvalue weighted by molar-refractivity contribution is 5.76. The van der Waals surface area contributed by atoms with Gasteiger partial charge in [-0.1, -0.05) is 218 Å². The minimum atomic E-state index is -1.57. The second-order valence-electron chi connectivity index (χ2n) is 18.0. The van der Waals surface area contributed by atoms with E-state index in [0.29, 0.717) is 6.42 Å². The number of carbonyl (C=O) groups excluding carboxylic acids is 1. The molecule has 0 spiro atoms. The number of allylic oxidation sites excluding steroid dienone is 3. The molecule has 354 valence electrons. The lowest BCUT2D eigenvalue weighted by Crippen LogP contribution is -2.60. The first-order valence-corrected chi connectivity index (χ1v) is 25.6. The van der Waals surface area contributed by atoms with Crippen molar-refractivity contribution in [2.24, 2.45) is 0 Å². The Morgan fingerprint density at radius 1 is 0.550 bits per heavy atom. The molecule has 0 saturated carbocycles. The van der Waals surface area contributed by atoms with Crippen molar-refractivity contribution in [1.82, 2.24) is 5.32 Å². The molecule has 60 heavy (non-hydrogen) atoms. The van der Waals surface area contributed by atoms with Gasteiger partial charge in [0.15, 0.2) is 6.29 Å². The number of amides is 1. The van der Waals surface area contributed by atoms with Gasteiger partial charge in [-0.15, -0.1) is 0 Å². The van der Waals surface area contributed by atoms with Crippen LogP contribution in [0.25, 0.3) is 0 Å². The van der Waals surface area contributed by atoms with Crippen molar-refractivity contribution in [3.63, 3.8) is 0 Å². The van der Waals surface area contributed by atoms with E-state index >= 15 is 0 Å². The summed E-state index contributed by atoms with van der Waals surface area (Å²) < 4.78 is 11.2. The van der Waals surface area contributed by atoms with E-state index in [4.69, 9.17) is 9.47 Å². The maximum atomic E-state index is 12.9. The fourth-order valence-corrected chi connectivity index (χ4v) is 8.16. The number of aliphatic hydroxyl groups is 5. The smallest absolute Gasteiger partial charge is 0.220 e. The molecule has 0 aliphatic carbocycles. The highest BCUT2D eigenvalue weighted by Gasteiger charge is 2.44. The molecular formula is C51H97NO8. The van der Waals surface area contributed by atoms with E-state index in [0.717, 1.165) is 64.2 Å². The second-order valence-corrected chi connectivity index (χ2v) is 18.0. The normalized spacial score (nSPS) is 20.7. The molecule has 9 heteroatoms. The summed E-state index contributed by atoms with van der Waals surface area (Å²) >= 11 is 0. The highest BCUT2D eigenvalue weighted by atomic mass is 16.7. The molecule has 1 heterocycles. The highest BCUT2D eigenvalue weighted by Crippen LogP contribution is 2.23. The van der Waals surface area contributed by atoms with E-state index < -0.39 is 49.5 Å². The van der Waals surface area contributed by atoms with Crippen molar-refractivity contribution in [3.8, 4) is 0 Å². The molecule has 9 nitrogen and oxygen atoms in total. The minimum absolute atomic E-state index is 0.187. The largest absolute Gasteiger partial charge is 0.394 e. The summed E-state index contributed by atoms with van der Waals surface area (Å²) in [5, 5.41) is 54.2. The van der Waals surface area contributed by atoms with Gasteiger partial charge in [0.1, 0.15) is 24.4 Å². The summed E-state index contributed by atoms with van der Waals surface area (Å²) in [6.45, 7) is 3.72. The lowest BCUT2D eigenvalue weighted by Gasteiger charge is -2.40. The summed E-state index contributed by atoms with van der Waals surface area (Å²) in [5.41, 5.74) is 0. The lowest BCUT2D eigenvalue weighted by molar-refractivity contribution is -0.302. The van der Waals surface area contributed by atoms with Crippen molar-refractivity contribution in [3.05, 3.63) is 24.3 Å². The molecular weight excluding hydrogens is 755 g/mol. The van der Waals surface area contributed by atoms with Crippen LogP contribution in [0.5, 0.6) is 0 Å². The van der Waals surface area contributed by atoms with Crippen LogP contribution < -0.4 is 5.32 Å². The van der Waals surface area contributed by atoms with E-state index in [1.165, 1.54) is 154 Å². The number of hydrogen-bond donors (Lipinski definition) is 6. The van der Waals surface area contributed by atoms with Gasteiger partial charge in [0, 0.05) is 6.42 Å². The Morgan fingerprint density at radius 2 is 0.967 bits per heavy atom. The summed E-state index contributed by atoms with van der Waals surface area (Å²) in [6.07, 6.45) is 44.0. The Morgan fingerprint density at radius 3 is 1.42 bits per heavy atom. The van der Waals surface area contributed by atoms with Crippen molar-refractivity contribution >= 4 is 5.91 Å². The molecule has 1 saturated heterocycles. The van der Waals surface area contributed by atoms with Crippen LogP contribution >= 0.6 is 0 Å². The van der Waals surface area contributed by atoms with E-state index in [9.17, 15) is 30.3 Å². The number of hydrogen-bond acceptors (Lipinski definition) is 8. The Kier molecular flexibility index (Phi) is 39.4. The molecule has 7 unspecified atom stereocenters. The topological polar surface area (TPSA) is 149 Å². The number of unbranched alkanes of at least 4 members (excludes halogenated alkanes) is 31. The number of carbonyl (C=O) groups is 1. The maximum absolute atomic E-state index is 12.9. The minimum Gasteiger partial charge on any atom is -0.394 e. The molecule has 6 N–H and O–H groups in total. The van der Waals surface area contributed by atoms with Crippen molar-refractivity contribution in [2.75, 3.05) is 13.2 Å². The molecule has 1 aliphatic rings. The first-order valence-electron chi connectivity index (χ1n) is 25.6. The number of aliphatic hydroxyl groups excluding tert-OH is 5. The molecule has 1 rings (SSSR count). The van der Waals surface area contributed by atoms with E-state index in [1.807, 2.05) is 6.08 Å². The Hall–Kier alpha value is -1.33. The molecule has 0 aromatic carbocycles. The molecule has 1 amide bonds. The Bertz CT molecular complexity index is 992. The van der Waals surface area contributed by atoms with Crippen LogP contribution in [0.1, 0.15) is 239 Å². The van der Waals surface area contributed by atoms with Gasteiger partial charge in [0.25, 0.3) is 0 Å². The monoisotopic (exact) mass is 852 g/mol. The standard InChI is InChI=1S/C51H97NO8/c1-3-5-7-9-11-13-15-16-17-18-19-20-21-22-23-24-25-26-27-28-29-30-31-32-34-36-38-40-45(54)44(43-59-51-50(58)49(57)48(56)46(42-53)60-51)52-47(55)41-39-37-35-33-14-12-10-8-6-4-2/h8,10,38,40,44-46,48-51,53-54,56-58H,3-7,9,11-37,39,41-43H2,1-2H3,(H,52,55)/b10-8-,40-38+. The zero-order chi connectivity index (χ0) is 43.7. The van der Waals surface area contributed by atoms with Crippen molar-refractivity contribution in [2.45, 2.75) is 281 Å². The first-order chi connectivity index (χ1) is 29.3.